The predicted molar refractivity (Wildman–Crippen MR) is 64.5 cm³/mol. The first kappa shape index (κ1) is 12.5. The number of fused-ring (bicyclic) bond motifs is 1. The van der Waals surface area contributed by atoms with Crippen LogP contribution in [0.5, 0.6) is 0 Å². The van der Waals surface area contributed by atoms with Crippen molar-refractivity contribution in [3.8, 4) is 0 Å². The molecule has 0 spiro atoms. The Kier molecular flexibility index (Phi) is 4.13. The molecule has 1 amide bonds. The largest absolute Gasteiger partial charge is 0.334 e. The number of hydrogen-bond donors (Lipinski definition) is 1. The highest BCUT2D eigenvalue weighted by Gasteiger charge is 2.27. The Hall–Kier alpha value is -0.580. The summed E-state index contributed by atoms with van der Waals surface area (Å²) in [6.45, 7) is 2.99. The molecular weight excluding hydrogens is 232 g/mol. The van der Waals surface area contributed by atoms with E-state index in [-0.39, 0.29) is 30.9 Å². The van der Waals surface area contributed by atoms with E-state index in [2.05, 4.69) is 18.4 Å². The van der Waals surface area contributed by atoms with Crippen LogP contribution in [0.2, 0.25) is 0 Å². The number of halogens is 1. The molecule has 0 saturated heterocycles. The average molecular weight is 247 g/mol. The van der Waals surface area contributed by atoms with E-state index in [9.17, 15) is 4.79 Å². The Morgan fingerprint density at radius 2 is 2.47 bits per heavy atom. The number of carbonyl (C=O) groups is 1. The molecular formula is C10H15ClN2OS. The fourth-order valence-corrected chi connectivity index (χ4v) is 2.93. The van der Waals surface area contributed by atoms with E-state index in [0.717, 1.165) is 13.0 Å². The van der Waals surface area contributed by atoms with Gasteiger partial charge in [0, 0.05) is 11.4 Å². The molecule has 1 aliphatic rings. The topological polar surface area (TPSA) is 46.3 Å². The Morgan fingerprint density at radius 1 is 1.73 bits per heavy atom. The van der Waals surface area contributed by atoms with Crippen molar-refractivity contribution >= 4 is 29.7 Å². The number of rotatable bonds is 1. The van der Waals surface area contributed by atoms with Gasteiger partial charge in [-0.1, -0.05) is 0 Å². The van der Waals surface area contributed by atoms with E-state index in [1.54, 1.807) is 11.3 Å². The Labute approximate surface area is 99.7 Å². The summed E-state index contributed by atoms with van der Waals surface area (Å²) in [4.78, 5) is 14.8. The lowest BCUT2D eigenvalue weighted by atomic mass is 10.0. The van der Waals surface area contributed by atoms with Gasteiger partial charge < -0.3 is 10.6 Å². The van der Waals surface area contributed by atoms with E-state index in [4.69, 9.17) is 5.73 Å². The molecule has 1 unspecified atom stereocenters. The molecule has 0 fully saturated rings. The summed E-state index contributed by atoms with van der Waals surface area (Å²) < 4.78 is 0. The van der Waals surface area contributed by atoms with Crippen molar-refractivity contribution < 1.29 is 4.79 Å². The molecule has 2 rings (SSSR count). The molecule has 1 aliphatic heterocycles. The summed E-state index contributed by atoms with van der Waals surface area (Å²) in [5, 5.41) is 2.09. The lowest BCUT2D eigenvalue weighted by Crippen LogP contribution is -2.41. The highest BCUT2D eigenvalue weighted by Crippen LogP contribution is 2.32. The van der Waals surface area contributed by atoms with E-state index >= 15 is 0 Å². The van der Waals surface area contributed by atoms with Gasteiger partial charge in [0.2, 0.25) is 5.91 Å². The monoisotopic (exact) mass is 246 g/mol. The molecule has 3 nitrogen and oxygen atoms in total. The standard InChI is InChI=1S/C10H14N2OS.ClH/c1-7-8-3-5-14-9(8)2-4-12(7)10(13)6-11;/h3,5,7H,2,4,6,11H2,1H3;1H. The maximum atomic E-state index is 11.5. The minimum Gasteiger partial charge on any atom is -0.334 e. The Morgan fingerprint density at radius 3 is 3.13 bits per heavy atom. The highest BCUT2D eigenvalue weighted by molar-refractivity contribution is 7.10. The van der Waals surface area contributed by atoms with Gasteiger partial charge in [-0.05, 0) is 30.4 Å². The van der Waals surface area contributed by atoms with Crippen molar-refractivity contribution in [3.05, 3.63) is 21.9 Å². The van der Waals surface area contributed by atoms with Gasteiger partial charge in [0.15, 0.2) is 0 Å². The zero-order valence-electron chi connectivity index (χ0n) is 8.60. The number of thiophene rings is 1. The third-order valence-electron chi connectivity index (χ3n) is 2.77. The summed E-state index contributed by atoms with van der Waals surface area (Å²) in [6.07, 6.45) is 0.975. The first-order valence-corrected chi connectivity index (χ1v) is 5.68. The van der Waals surface area contributed by atoms with Gasteiger partial charge in [0.1, 0.15) is 0 Å². The molecule has 2 heterocycles. The van der Waals surface area contributed by atoms with Gasteiger partial charge in [-0.15, -0.1) is 23.7 Å². The maximum Gasteiger partial charge on any atom is 0.236 e. The molecule has 0 saturated carbocycles. The van der Waals surface area contributed by atoms with Crippen LogP contribution in [0.3, 0.4) is 0 Å². The molecule has 0 bridgehead atoms. The lowest BCUT2D eigenvalue weighted by molar-refractivity contribution is -0.132. The smallest absolute Gasteiger partial charge is 0.236 e. The molecule has 84 valence electrons. The Bertz CT molecular complexity index is 353. The minimum absolute atomic E-state index is 0. The SMILES string of the molecule is CC1c2ccsc2CCN1C(=O)CN.Cl. The average Bonchev–Trinajstić information content (AvgIpc) is 2.66. The third-order valence-corrected chi connectivity index (χ3v) is 3.77. The van der Waals surface area contributed by atoms with E-state index in [1.807, 2.05) is 4.90 Å². The van der Waals surface area contributed by atoms with Crippen molar-refractivity contribution in [1.29, 1.82) is 0 Å². The fourth-order valence-electron chi connectivity index (χ4n) is 1.97. The van der Waals surface area contributed by atoms with Crippen molar-refractivity contribution in [2.24, 2.45) is 5.73 Å². The zero-order chi connectivity index (χ0) is 10.1. The van der Waals surface area contributed by atoms with Crippen LogP contribution in [0.4, 0.5) is 0 Å². The van der Waals surface area contributed by atoms with Crippen LogP contribution in [0.1, 0.15) is 23.4 Å². The molecule has 5 heteroatoms. The molecule has 15 heavy (non-hydrogen) atoms. The van der Waals surface area contributed by atoms with Crippen molar-refractivity contribution in [1.82, 2.24) is 4.90 Å². The number of hydrogen-bond acceptors (Lipinski definition) is 3. The normalized spacial score (nSPS) is 19.3. The first-order valence-electron chi connectivity index (χ1n) is 4.80. The second-order valence-corrected chi connectivity index (χ2v) is 4.52. The summed E-state index contributed by atoms with van der Waals surface area (Å²) in [5.41, 5.74) is 6.67. The van der Waals surface area contributed by atoms with Gasteiger partial charge in [0.05, 0.1) is 12.6 Å². The summed E-state index contributed by atoms with van der Waals surface area (Å²) in [7, 11) is 0. The minimum atomic E-state index is 0. The highest BCUT2D eigenvalue weighted by atomic mass is 35.5. The van der Waals surface area contributed by atoms with Crippen LogP contribution >= 0.6 is 23.7 Å². The van der Waals surface area contributed by atoms with Gasteiger partial charge in [-0.25, -0.2) is 0 Å². The van der Waals surface area contributed by atoms with Crippen LogP contribution in [0.25, 0.3) is 0 Å². The first-order chi connectivity index (χ1) is 6.74. The van der Waals surface area contributed by atoms with Gasteiger partial charge >= 0.3 is 0 Å². The molecule has 0 aromatic carbocycles. The zero-order valence-corrected chi connectivity index (χ0v) is 10.2. The van der Waals surface area contributed by atoms with Crippen LogP contribution in [0, 0.1) is 0 Å². The van der Waals surface area contributed by atoms with Gasteiger partial charge in [0.25, 0.3) is 0 Å². The van der Waals surface area contributed by atoms with Crippen LogP contribution in [-0.2, 0) is 11.2 Å². The maximum absolute atomic E-state index is 11.5. The number of amides is 1. The summed E-state index contributed by atoms with van der Waals surface area (Å²) >= 11 is 1.78. The van der Waals surface area contributed by atoms with Crippen LogP contribution in [-0.4, -0.2) is 23.9 Å². The van der Waals surface area contributed by atoms with Gasteiger partial charge in [-0.2, -0.15) is 0 Å². The quantitative estimate of drug-likeness (QED) is 0.818. The van der Waals surface area contributed by atoms with E-state index in [1.165, 1.54) is 10.4 Å². The van der Waals surface area contributed by atoms with Crippen molar-refractivity contribution in [2.75, 3.05) is 13.1 Å². The summed E-state index contributed by atoms with van der Waals surface area (Å²) in [5.74, 6) is 0.0503. The Balaban J connectivity index is 0.00000112. The molecule has 2 N–H and O–H groups in total. The van der Waals surface area contributed by atoms with Crippen molar-refractivity contribution in [2.45, 2.75) is 19.4 Å². The van der Waals surface area contributed by atoms with Gasteiger partial charge in [-0.3, -0.25) is 4.79 Å². The summed E-state index contributed by atoms with van der Waals surface area (Å²) in [6, 6.07) is 2.31. The van der Waals surface area contributed by atoms with E-state index in [0.29, 0.717) is 0 Å². The number of nitrogens with zero attached hydrogens (tertiary/aromatic N) is 1. The third kappa shape index (κ3) is 2.17. The molecule has 1 atom stereocenters. The molecule has 0 aliphatic carbocycles. The van der Waals surface area contributed by atoms with Crippen LogP contribution < -0.4 is 5.73 Å². The number of nitrogens with two attached hydrogens (primary N) is 1. The van der Waals surface area contributed by atoms with E-state index < -0.39 is 0 Å². The second kappa shape index (κ2) is 4.96. The molecule has 1 aromatic rings. The lowest BCUT2D eigenvalue weighted by Gasteiger charge is -2.33. The van der Waals surface area contributed by atoms with Crippen LogP contribution in [0.15, 0.2) is 11.4 Å². The second-order valence-electron chi connectivity index (χ2n) is 3.52. The molecule has 0 radical (unpaired) electrons. The fraction of sp³-hybridized carbons (Fsp3) is 0.500. The number of carbonyl (C=O) groups excluding carboxylic acids is 1. The predicted octanol–water partition coefficient (Wildman–Crippen LogP) is 1.57. The molecule has 1 aromatic heterocycles. The van der Waals surface area contributed by atoms with Crippen molar-refractivity contribution in [3.63, 3.8) is 0 Å².